The highest BCUT2D eigenvalue weighted by Gasteiger charge is 2.66. The van der Waals surface area contributed by atoms with Gasteiger partial charge in [-0.05, 0) is 6.92 Å². The number of carboxylic acid groups (broad SMARTS) is 2. The monoisotopic (exact) mass is 203 g/mol. The zero-order valence-corrected chi connectivity index (χ0v) is 7.27. The van der Waals surface area contributed by atoms with Crippen LogP contribution in [0.5, 0.6) is 0 Å². The lowest BCUT2D eigenvalue weighted by molar-refractivity contribution is -0.169. The number of aliphatic hydroxyl groups is 1. The van der Waals surface area contributed by atoms with Crippen LogP contribution < -0.4 is 5.32 Å². The van der Waals surface area contributed by atoms with E-state index in [0.29, 0.717) is 0 Å². The van der Waals surface area contributed by atoms with E-state index in [-0.39, 0.29) is 0 Å². The van der Waals surface area contributed by atoms with Crippen molar-refractivity contribution < 1.29 is 29.7 Å². The van der Waals surface area contributed by atoms with E-state index in [1.807, 2.05) is 0 Å². The van der Waals surface area contributed by atoms with Crippen molar-refractivity contribution in [1.82, 2.24) is 5.32 Å². The van der Waals surface area contributed by atoms with Crippen LogP contribution in [0.1, 0.15) is 13.3 Å². The fourth-order valence-electron chi connectivity index (χ4n) is 1.49. The summed E-state index contributed by atoms with van der Waals surface area (Å²) < 4.78 is 0. The minimum absolute atomic E-state index is 0.550. The van der Waals surface area contributed by atoms with Gasteiger partial charge in [-0.3, -0.25) is 4.79 Å². The minimum Gasteiger partial charge on any atom is -0.479 e. The highest BCUT2D eigenvalue weighted by atomic mass is 16.4. The standard InChI is InChI=1S/C7H9NO6/c1-6(14)2-3(9)8-7(6,4(10)11)5(12)13/h14H,2H2,1H3,(H,8,9)(H,10,11)(H,12,13). The molecule has 0 aromatic carbocycles. The summed E-state index contributed by atoms with van der Waals surface area (Å²) in [7, 11) is 0. The Labute approximate surface area is 78.3 Å². The van der Waals surface area contributed by atoms with Crippen LogP contribution in [0.2, 0.25) is 0 Å². The fourth-order valence-corrected chi connectivity index (χ4v) is 1.49. The molecule has 0 aromatic rings. The van der Waals surface area contributed by atoms with Crippen LogP contribution in [0.15, 0.2) is 0 Å². The van der Waals surface area contributed by atoms with Crippen molar-refractivity contribution in [1.29, 1.82) is 0 Å². The molecule has 0 aromatic heterocycles. The average Bonchev–Trinajstić information content (AvgIpc) is 2.20. The molecule has 1 amide bonds. The van der Waals surface area contributed by atoms with Gasteiger partial charge in [0, 0.05) is 0 Å². The van der Waals surface area contributed by atoms with Gasteiger partial charge in [-0.1, -0.05) is 0 Å². The number of carboxylic acids is 2. The first-order valence-electron chi connectivity index (χ1n) is 3.74. The maximum absolute atomic E-state index is 10.9. The topological polar surface area (TPSA) is 124 Å². The van der Waals surface area contributed by atoms with Crippen molar-refractivity contribution in [2.45, 2.75) is 24.5 Å². The van der Waals surface area contributed by atoms with Crippen molar-refractivity contribution in [2.75, 3.05) is 0 Å². The molecule has 1 fully saturated rings. The molecule has 1 aliphatic rings. The number of hydrogen-bond acceptors (Lipinski definition) is 4. The molecule has 4 N–H and O–H groups in total. The van der Waals surface area contributed by atoms with E-state index in [0.717, 1.165) is 6.92 Å². The number of hydrogen-bond donors (Lipinski definition) is 4. The van der Waals surface area contributed by atoms with Gasteiger partial charge in [-0.2, -0.15) is 0 Å². The fraction of sp³-hybridized carbons (Fsp3) is 0.571. The summed E-state index contributed by atoms with van der Waals surface area (Å²) in [5.74, 6) is -4.39. The summed E-state index contributed by atoms with van der Waals surface area (Å²) in [6.07, 6.45) is -0.550. The van der Waals surface area contributed by atoms with Gasteiger partial charge in [-0.25, -0.2) is 9.59 Å². The van der Waals surface area contributed by atoms with Crippen molar-refractivity contribution in [3.8, 4) is 0 Å². The Balaban J connectivity index is 3.30. The molecule has 14 heavy (non-hydrogen) atoms. The van der Waals surface area contributed by atoms with Crippen molar-refractivity contribution in [2.24, 2.45) is 0 Å². The van der Waals surface area contributed by atoms with Gasteiger partial charge in [0.15, 0.2) is 0 Å². The second-order valence-electron chi connectivity index (χ2n) is 3.36. The summed E-state index contributed by atoms with van der Waals surface area (Å²) in [5, 5.41) is 28.8. The van der Waals surface area contributed by atoms with Crippen LogP contribution in [0, 0.1) is 0 Å². The number of nitrogens with one attached hydrogen (secondary N) is 1. The molecule has 0 radical (unpaired) electrons. The second-order valence-corrected chi connectivity index (χ2v) is 3.36. The first-order chi connectivity index (χ1) is 6.24. The van der Waals surface area contributed by atoms with E-state index in [4.69, 9.17) is 10.2 Å². The SMILES string of the molecule is CC1(O)CC(=O)NC1(C(=O)O)C(=O)O. The van der Waals surface area contributed by atoms with Gasteiger partial charge >= 0.3 is 11.9 Å². The molecule has 1 aliphatic heterocycles. The van der Waals surface area contributed by atoms with Crippen molar-refractivity contribution in [3.63, 3.8) is 0 Å². The Kier molecular flexibility index (Phi) is 2.00. The van der Waals surface area contributed by atoms with E-state index < -0.39 is 35.4 Å². The molecule has 0 spiro atoms. The predicted molar refractivity (Wildman–Crippen MR) is 41.4 cm³/mol. The maximum Gasteiger partial charge on any atom is 0.344 e. The average molecular weight is 203 g/mol. The van der Waals surface area contributed by atoms with Crippen LogP contribution >= 0.6 is 0 Å². The van der Waals surface area contributed by atoms with Crippen LogP contribution in [0.25, 0.3) is 0 Å². The third-order valence-corrected chi connectivity index (χ3v) is 2.28. The quantitative estimate of drug-likeness (QED) is 0.391. The highest BCUT2D eigenvalue weighted by molar-refractivity contribution is 6.10. The molecule has 7 heteroatoms. The van der Waals surface area contributed by atoms with E-state index in [1.54, 1.807) is 5.32 Å². The normalized spacial score (nSPS) is 29.7. The predicted octanol–water partition coefficient (Wildman–Crippen LogP) is -1.83. The highest BCUT2D eigenvalue weighted by Crippen LogP contribution is 2.32. The molecule has 0 aliphatic carbocycles. The first kappa shape index (κ1) is 10.5. The van der Waals surface area contributed by atoms with Gasteiger partial charge in [0.05, 0.1) is 6.42 Å². The molecular formula is C7H9NO6. The molecule has 0 saturated carbocycles. The Morgan fingerprint density at radius 1 is 1.36 bits per heavy atom. The van der Waals surface area contributed by atoms with Crippen molar-refractivity contribution in [3.05, 3.63) is 0 Å². The van der Waals surface area contributed by atoms with Crippen LogP contribution in [0.4, 0.5) is 0 Å². The number of carbonyl (C=O) groups is 3. The molecule has 7 nitrogen and oxygen atoms in total. The molecule has 1 heterocycles. The number of carbonyl (C=O) groups excluding carboxylic acids is 1. The van der Waals surface area contributed by atoms with E-state index in [9.17, 15) is 19.5 Å². The van der Waals surface area contributed by atoms with Crippen LogP contribution in [0.3, 0.4) is 0 Å². The molecule has 1 unspecified atom stereocenters. The summed E-state index contributed by atoms with van der Waals surface area (Å²) >= 11 is 0. The summed E-state index contributed by atoms with van der Waals surface area (Å²) in [5.41, 5.74) is -4.79. The van der Waals surface area contributed by atoms with Gasteiger partial charge in [-0.15, -0.1) is 0 Å². The molecule has 1 atom stereocenters. The number of aliphatic carboxylic acids is 2. The van der Waals surface area contributed by atoms with Crippen LogP contribution in [-0.4, -0.2) is 44.3 Å². The van der Waals surface area contributed by atoms with Gasteiger partial charge in [0.2, 0.25) is 5.91 Å². The number of amides is 1. The molecule has 78 valence electrons. The minimum atomic E-state index is -2.65. The number of rotatable bonds is 2. The molecule has 1 rings (SSSR count). The van der Waals surface area contributed by atoms with Crippen LogP contribution in [-0.2, 0) is 14.4 Å². The smallest absolute Gasteiger partial charge is 0.344 e. The van der Waals surface area contributed by atoms with Crippen molar-refractivity contribution >= 4 is 17.8 Å². The third kappa shape index (κ3) is 1.06. The maximum atomic E-state index is 10.9. The Morgan fingerprint density at radius 3 is 1.93 bits per heavy atom. The van der Waals surface area contributed by atoms with E-state index >= 15 is 0 Å². The lowest BCUT2D eigenvalue weighted by Gasteiger charge is -2.30. The van der Waals surface area contributed by atoms with Gasteiger partial charge in [0.1, 0.15) is 5.60 Å². The molecule has 0 bridgehead atoms. The van der Waals surface area contributed by atoms with Gasteiger partial charge < -0.3 is 20.6 Å². The third-order valence-electron chi connectivity index (χ3n) is 2.28. The first-order valence-corrected chi connectivity index (χ1v) is 3.74. The molecule has 1 saturated heterocycles. The largest absolute Gasteiger partial charge is 0.479 e. The van der Waals surface area contributed by atoms with E-state index in [2.05, 4.69) is 0 Å². The lowest BCUT2D eigenvalue weighted by Crippen LogP contribution is -2.66. The second kappa shape index (κ2) is 2.68. The zero-order valence-electron chi connectivity index (χ0n) is 7.27. The Morgan fingerprint density at radius 2 is 1.79 bits per heavy atom. The summed E-state index contributed by atoms with van der Waals surface area (Å²) in [6.45, 7) is 0.993. The Bertz CT molecular complexity index is 306. The zero-order chi connectivity index (χ0) is 11.1. The van der Waals surface area contributed by atoms with E-state index in [1.165, 1.54) is 0 Å². The Hall–Kier alpha value is -1.63. The molecular weight excluding hydrogens is 194 g/mol. The summed E-state index contributed by atoms with van der Waals surface area (Å²) in [6, 6.07) is 0. The van der Waals surface area contributed by atoms with Gasteiger partial charge in [0.25, 0.3) is 5.54 Å². The summed E-state index contributed by atoms with van der Waals surface area (Å²) in [4.78, 5) is 32.4. The lowest BCUT2D eigenvalue weighted by atomic mass is 9.82.